The van der Waals surface area contributed by atoms with E-state index in [4.69, 9.17) is 4.98 Å². The molecule has 0 amide bonds. The van der Waals surface area contributed by atoms with Gasteiger partial charge >= 0.3 is 0 Å². The Kier molecular flexibility index (Phi) is 4.00. The second kappa shape index (κ2) is 5.70. The van der Waals surface area contributed by atoms with E-state index in [-0.39, 0.29) is 0 Å². The molecule has 1 aromatic carbocycles. The number of rotatable bonds is 2. The van der Waals surface area contributed by atoms with Crippen molar-refractivity contribution in [1.82, 2.24) is 4.98 Å². The van der Waals surface area contributed by atoms with Crippen molar-refractivity contribution in [2.24, 2.45) is 5.92 Å². The summed E-state index contributed by atoms with van der Waals surface area (Å²) in [5.41, 5.74) is 1.16. The standard InChI is InChI=1S/C15H18BrNS/c16-12-7-3-1-2-6-11(12)10-15-17-13-8-4-5-9-14(13)18-15/h4-5,8-9,11-12H,1-3,6-7,10H2. The molecule has 96 valence electrons. The van der Waals surface area contributed by atoms with Gasteiger partial charge < -0.3 is 0 Å². The van der Waals surface area contributed by atoms with Gasteiger partial charge in [0.2, 0.25) is 0 Å². The number of benzene rings is 1. The topological polar surface area (TPSA) is 12.9 Å². The second-order valence-corrected chi connectivity index (χ2v) is 7.48. The molecule has 0 radical (unpaired) electrons. The Bertz CT molecular complexity index is 489. The fourth-order valence-corrected chi connectivity index (χ4v) is 4.64. The van der Waals surface area contributed by atoms with Crippen LogP contribution < -0.4 is 0 Å². The summed E-state index contributed by atoms with van der Waals surface area (Å²) in [7, 11) is 0. The Balaban J connectivity index is 1.78. The van der Waals surface area contributed by atoms with Gasteiger partial charge in [-0.15, -0.1) is 11.3 Å². The number of aromatic nitrogens is 1. The molecule has 2 unspecified atom stereocenters. The summed E-state index contributed by atoms with van der Waals surface area (Å²) >= 11 is 5.75. The van der Waals surface area contributed by atoms with E-state index in [2.05, 4.69) is 40.2 Å². The highest BCUT2D eigenvalue weighted by molar-refractivity contribution is 9.09. The Hall–Kier alpha value is -0.410. The molecule has 0 spiro atoms. The van der Waals surface area contributed by atoms with Gasteiger partial charge in [-0.3, -0.25) is 0 Å². The third-order valence-corrected chi connectivity index (χ3v) is 6.11. The van der Waals surface area contributed by atoms with E-state index in [1.165, 1.54) is 41.8 Å². The number of para-hydroxylation sites is 1. The van der Waals surface area contributed by atoms with Gasteiger partial charge in [0, 0.05) is 11.2 Å². The van der Waals surface area contributed by atoms with Gasteiger partial charge in [-0.1, -0.05) is 47.3 Å². The third kappa shape index (κ3) is 2.77. The molecule has 0 saturated heterocycles. The van der Waals surface area contributed by atoms with Gasteiger partial charge in [0.1, 0.15) is 0 Å². The van der Waals surface area contributed by atoms with Gasteiger partial charge in [-0.2, -0.15) is 0 Å². The fraction of sp³-hybridized carbons (Fsp3) is 0.533. The highest BCUT2D eigenvalue weighted by Gasteiger charge is 2.22. The molecule has 1 aliphatic carbocycles. The fourth-order valence-electron chi connectivity index (χ4n) is 2.80. The molecule has 1 heterocycles. The van der Waals surface area contributed by atoms with Crippen LogP contribution in [-0.2, 0) is 6.42 Å². The summed E-state index contributed by atoms with van der Waals surface area (Å²) < 4.78 is 1.33. The van der Waals surface area contributed by atoms with Crippen LogP contribution in [0.1, 0.15) is 37.1 Å². The summed E-state index contributed by atoms with van der Waals surface area (Å²) in [6.45, 7) is 0. The Morgan fingerprint density at radius 3 is 2.89 bits per heavy atom. The molecule has 0 bridgehead atoms. The minimum Gasteiger partial charge on any atom is -0.241 e. The van der Waals surface area contributed by atoms with E-state index in [1.54, 1.807) is 0 Å². The van der Waals surface area contributed by atoms with Crippen molar-refractivity contribution in [3.63, 3.8) is 0 Å². The molecule has 0 N–H and O–H groups in total. The average Bonchev–Trinajstić information content (AvgIpc) is 2.68. The van der Waals surface area contributed by atoms with Crippen molar-refractivity contribution in [3.05, 3.63) is 29.3 Å². The second-order valence-electron chi connectivity index (χ2n) is 5.19. The lowest BCUT2D eigenvalue weighted by Crippen LogP contribution is -2.15. The molecule has 1 saturated carbocycles. The van der Waals surface area contributed by atoms with Gasteiger partial charge in [-0.05, 0) is 30.9 Å². The van der Waals surface area contributed by atoms with E-state index in [1.807, 2.05) is 11.3 Å². The number of halogens is 1. The lowest BCUT2D eigenvalue weighted by atomic mass is 9.97. The van der Waals surface area contributed by atoms with E-state index in [9.17, 15) is 0 Å². The van der Waals surface area contributed by atoms with Crippen LogP contribution in [0, 0.1) is 5.92 Å². The van der Waals surface area contributed by atoms with Crippen LogP contribution in [0.2, 0.25) is 0 Å². The Morgan fingerprint density at radius 2 is 2.00 bits per heavy atom. The maximum absolute atomic E-state index is 4.77. The van der Waals surface area contributed by atoms with Crippen molar-refractivity contribution in [2.45, 2.75) is 43.4 Å². The van der Waals surface area contributed by atoms with Gasteiger partial charge in [0.25, 0.3) is 0 Å². The van der Waals surface area contributed by atoms with Crippen LogP contribution in [0.5, 0.6) is 0 Å². The molecule has 0 aliphatic heterocycles. The highest BCUT2D eigenvalue weighted by atomic mass is 79.9. The van der Waals surface area contributed by atoms with Crippen LogP contribution in [0.25, 0.3) is 10.2 Å². The van der Waals surface area contributed by atoms with Crippen molar-refractivity contribution >= 4 is 37.5 Å². The molecule has 3 heteroatoms. The summed E-state index contributed by atoms with van der Waals surface area (Å²) in [4.78, 5) is 5.46. The minimum absolute atomic E-state index is 0.687. The minimum atomic E-state index is 0.687. The number of hydrogen-bond acceptors (Lipinski definition) is 2. The number of thiazole rings is 1. The number of fused-ring (bicyclic) bond motifs is 1. The monoisotopic (exact) mass is 323 g/mol. The highest BCUT2D eigenvalue weighted by Crippen LogP contribution is 2.33. The zero-order chi connectivity index (χ0) is 12.4. The Morgan fingerprint density at radius 1 is 1.17 bits per heavy atom. The normalized spacial score (nSPS) is 25.2. The van der Waals surface area contributed by atoms with Crippen LogP contribution in [0.3, 0.4) is 0 Å². The van der Waals surface area contributed by atoms with Crippen LogP contribution in [-0.4, -0.2) is 9.81 Å². The molecule has 18 heavy (non-hydrogen) atoms. The Labute approximate surface area is 121 Å². The predicted octanol–water partition coefficient (Wildman–Crippen LogP) is 5.18. The number of nitrogens with zero attached hydrogens (tertiary/aromatic N) is 1. The lowest BCUT2D eigenvalue weighted by Gasteiger charge is -2.18. The maximum Gasteiger partial charge on any atom is 0.0941 e. The molecule has 2 aromatic rings. The van der Waals surface area contributed by atoms with Crippen molar-refractivity contribution in [3.8, 4) is 0 Å². The van der Waals surface area contributed by atoms with Gasteiger partial charge in [0.15, 0.2) is 0 Å². The molecule has 1 aromatic heterocycles. The first-order valence-corrected chi connectivity index (χ1v) is 8.54. The van der Waals surface area contributed by atoms with Crippen LogP contribution in [0.15, 0.2) is 24.3 Å². The number of alkyl halides is 1. The van der Waals surface area contributed by atoms with E-state index < -0.39 is 0 Å². The predicted molar refractivity (Wildman–Crippen MR) is 82.6 cm³/mol. The third-order valence-electron chi connectivity index (χ3n) is 3.84. The first-order chi connectivity index (χ1) is 8.83. The maximum atomic E-state index is 4.77. The van der Waals surface area contributed by atoms with E-state index >= 15 is 0 Å². The van der Waals surface area contributed by atoms with Crippen LogP contribution in [0.4, 0.5) is 0 Å². The quantitative estimate of drug-likeness (QED) is 0.548. The van der Waals surface area contributed by atoms with Crippen molar-refractivity contribution in [2.75, 3.05) is 0 Å². The van der Waals surface area contributed by atoms with Gasteiger partial charge in [-0.25, -0.2) is 4.98 Å². The number of hydrogen-bond donors (Lipinski definition) is 0. The zero-order valence-electron chi connectivity index (χ0n) is 10.4. The zero-order valence-corrected chi connectivity index (χ0v) is 12.8. The van der Waals surface area contributed by atoms with Crippen LogP contribution >= 0.6 is 27.3 Å². The SMILES string of the molecule is BrC1CCCCCC1Cc1nc2ccccc2s1. The van der Waals surface area contributed by atoms with E-state index in [0.717, 1.165) is 17.9 Å². The molecule has 1 fully saturated rings. The average molecular weight is 324 g/mol. The molecule has 3 rings (SSSR count). The first kappa shape index (κ1) is 12.6. The van der Waals surface area contributed by atoms with Gasteiger partial charge in [0.05, 0.1) is 15.2 Å². The lowest BCUT2D eigenvalue weighted by molar-refractivity contribution is 0.475. The summed E-state index contributed by atoms with van der Waals surface area (Å²) in [6, 6.07) is 8.47. The smallest absolute Gasteiger partial charge is 0.0941 e. The molecular formula is C15H18BrNS. The molecule has 2 atom stereocenters. The summed E-state index contributed by atoms with van der Waals surface area (Å²) in [5, 5.41) is 1.31. The summed E-state index contributed by atoms with van der Waals surface area (Å²) in [6.07, 6.45) is 8.00. The van der Waals surface area contributed by atoms with Crippen molar-refractivity contribution in [1.29, 1.82) is 0 Å². The van der Waals surface area contributed by atoms with E-state index in [0.29, 0.717) is 4.83 Å². The van der Waals surface area contributed by atoms with Crippen molar-refractivity contribution < 1.29 is 0 Å². The summed E-state index contributed by atoms with van der Waals surface area (Å²) in [5.74, 6) is 0.771. The molecular weight excluding hydrogens is 306 g/mol. The molecule has 1 aliphatic rings. The first-order valence-electron chi connectivity index (χ1n) is 6.81. The largest absolute Gasteiger partial charge is 0.241 e. The molecule has 1 nitrogen and oxygen atoms in total.